The number of aliphatic hydroxyl groups is 4. The predicted octanol–water partition coefficient (Wildman–Crippen LogP) is -0.455. The van der Waals surface area contributed by atoms with E-state index in [2.05, 4.69) is 35.9 Å². The molecule has 0 rings (SSSR count). The van der Waals surface area contributed by atoms with Gasteiger partial charge in [0.05, 0.1) is 6.61 Å². The van der Waals surface area contributed by atoms with E-state index in [1.807, 2.05) is 0 Å². The smallest absolute Gasteiger partial charge is 0.251 e. The van der Waals surface area contributed by atoms with Crippen LogP contribution in [0.15, 0.2) is 0 Å². The van der Waals surface area contributed by atoms with E-state index in [4.69, 9.17) is 10.2 Å². The van der Waals surface area contributed by atoms with Gasteiger partial charge in [-0.15, -0.1) is 0 Å². The molecule has 0 aromatic carbocycles. The third-order valence-electron chi connectivity index (χ3n) is 3.10. The van der Waals surface area contributed by atoms with Crippen LogP contribution in [0.3, 0.4) is 0 Å². The minimum Gasteiger partial charge on any atom is -0.394 e. The summed E-state index contributed by atoms with van der Waals surface area (Å²) in [7, 11) is 0. The molecule has 0 radical (unpaired) electrons. The highest BCUT2D eigenvalue weighted by atomic mass is 16.4. The number of amides is 1. The molecule has 0 aromatic rings. The fourth-order valence-corrected chi connectivity index (χ4v) is 1.61. The number of nitrogens with one attached hydrogen (secondary N) is 1. The SMILES string of the molecule is CCCCC#CC#CCCCCNC(=O)[C@H](O)[C@H](O)[C@@H](O)CO. The Kier molecular flexibility index (Phi) is 13.1. The highest BCUT2D eigenvalue weighted by Gasteiger charge is 2.29. The van der Waals surface area contributed by atoms with Crippen molar-refractivity contribution in [1.82, 2.24) is 5.32 Å². The summed E-state index contributed by atoms with van der Waals surface area (Å²) in [6.07, 6.45) is 0.180. The van der Waals surface area contributed by atoms with E-state index in [9.17, 15) is 15.0 Å². The Morgan fingerprint density at radius 3 is 2.22 bits per heavy atom. The quantitative estimate of drug-likeness (QED) is 0.276. The maximum absolute atomic E-state index is 11.5. The number of hydrogen-bond donors (Lipinski definition) is 5. The average molecular weight is 325 g/mol. The van der Waals surface area contributed by atoms with Crippen molar-refractivity contribution in [2.45, 2.75) is 63.8 Å². The number of aliphatic hydroxyl groups excluding tert-OH is 4. The van der Waals surface area contributed by atoms with Gasteiger partial charge in [-0.05, 0) is 31.1 Å². The van der Waals surface area contributed by atoms with Crippen LogP contribution < -0.4 is 5.32 Å². The lowest BCUT2D eigenvalue weighted by Gasteiger charge is -2.20. The molecule has 5 N–H and O–H groups in total. The number of rotatable bonds is 10. The van der Waals surface area contributed by atoms with Gasteiger partial charge in [-0.2, -0.15) is 0 Å². The Bertz CT molecular complexity index is 443. The normalized spacial score (nSPS) is 13.8. The summed E-state index contributed by atoms with van der Waals surface area (Å²) in [4.78, 5) is 11.5. The minimum atomic E-state index is -1.77. The fourth-order valence-electron chi connectivity index (χ4n) is 1.61. The first-order chi connectivity index (χ1) is 11.0. The monoisotopic (exact) mass is 325 g/mol. The molecule has 0 aliphatic carbocycles. The zero-order valence-corrected chi connectivity index (χ0v) is 13.6. The molecule has 3 atom stereocenters. The van der Waals surface area contributed by atoms with Crippen molar-refractivity contribution in [3.05, 3.63) is 0 Å². The van der Waals surface area contributed by atoms with E-state index in [1.54, 1.807) is 0 Å². The maximum atomic E-state index is 11.5. The molecule has 0 bridgehead atoms. The third kappa shape index (κ3) is 10.7. The second kappa shape index (κ2) is 14.0. The van der Waals surface area contributed by atoms with Crippen LogP contribution in [-0.2, 0) is 4.79 Å². The van der Waals surface area contributed by atoms with Gasteiger partial charge < -0.3 is 25.7 Å². The highest BCUT2D eigenvalue weighted by Crippen LogP contribution is 2.00. The number of hydrogen-bond acceptors (Lipinski definition) is 5. The lowest BCUT2D eigenvalue weighted by atomic mass is 10.1. The molecular formula is C17H27NO5. The van der Waals surface area contributed by atoms with E-state index >= 15 is 0 Å². The van der Waals surface area contributed by atoms with E-state index in [0.29, 0.717) is 19.4 Å². The zero-order valence-electron chi connectivity index (χ0n) is 13.6. The van der Waals surface area contributed by atoms with Crippen molar-refractivity contribution in [2.24, 2.45) is 0 Å². The molecule has 130 valence electrons. The van der Waals surface area contributed by atoms with Crippen LogP contribution in [0.5, 0.6) is 0 Å². The molecular weight excluding hydrogens is 298 g/mol. The van der Waals surface area contributed by atoms with E-state index in [0.717, 1.165) is 25.7 Å². The standard InChI is InChI=1S/C17H27NO5/c1-2-3-4-5-6-7-8-9-10-11-12-18-17(23)16(22)15(21)14(20)13-19/h14-16,19-22H,2-4,9-13H2,1H3,(H,18,23)/t14-,15+,16+/m0/s1. The van der Waals surface area contributed by atoms with Crippen molar-refractivity contribution in [2.75, 3.05) is 13.2 Å². The second-order valence-corrected chi connectivity index (χ2v) is 5.14. The maximum Gasteiger partial charge on any atom is 0.251 e. The van der Waals surface area contributed by atoms with Crippen LogP contribution in [0.1, 0.15) is 45.4 Å². The molecule has 0 unspecified atom stereocenters. The van der Waals surface area contributed by atoms with Gasteiger partial charge in [-0.25, -0.2) is 0 Å². The lowest BCUT2D eigenvalue weighted by molar-refractivity contribution is -0.142. The van der Waals surface area contributed by atoms with Crippen LogP contribution in [0.25, 0.3) is 0 Å². The summed E-state index contributed by atoms with van der Waals surface area (Å²) in [5.74, 6) is 10.7. The van der Waals surface area contributed by atoms with Crippen molar-refractivity contribution in [3.63, 3.8) is 0 Å². The van der Waals surface area contributed by atoms with Crippen LogP contribution in [0, 0.1) is 23.7 Å². The Hall–Kier alpha value is -1.57. The molecule has 0 aliphatic heterocycles. The number of unbranched alkanes of at least 4 members (excludes halogenated alkanes) is 4. The van der Waals surface area contributed by atoms with Crippen LogP contribution in [0.4, 0.5) is 0 Å². The van der Waals surface area contributed by atoms with Gasteiger partial charge in [0, 0.05) is 19.4 Å². The summed E-state index contributed by atoms with van der Waals surface area (Å²) in [5.41, 5.74) is 0. The molecule has 0 fully saturated rings. The van der Waals surface area contributed by atoms with Crippen molar-refractivity contribution >= 4 is 5.91 Å². The molecule has 6 nitrogen and oxygen atoms in total. The van der Waals surface area contributed by atoms with Crippen molar-refractivity contribution < 1.29 is 25.2 Å². The van der Waals surface area contributed by atoms with Gasteiger partial charge in [0.15, 0.2) is 6.10 Å². The Labute approximate surface area is 137 Å². The van der Waals surface area contributed by atoms with Gasteiger partial charge >= 0.3 is 0 Å². The van der Waals surface area contributed by atoms with Crippen LogP contribution in [0.2, 0.25) is 0 Å². The molecule has 6 heteroatoms. The topological polar surface area (TPSA) is 110 Å². The summed E-state index contributed by atoms with van der Waals surface area (Å²) >= 11 is 0. The molecule has 0 saturated heterocycles. The molecule has 0 aliphatic rings. The Balaban J connectivity index is 3.77. The van der Waals surface area contributed by atoms with Gasteiger partial charge in [-0.3, -0.25) is 4.79 Å². The van der Waals surface area contributed by atoms with Crippen molar-refractivity contribution in [3.8, 4) is 23.7 Å². The van der Waals surface area contributed by atoms with Gasteiger partial charge in [0.2, 0.25) is 0 Å². The zero-order chi connectivity index (χ0) is 17.5. The summed E-state index contributed by atoms with van der Waals surface area (Å²) < 4.78 is 0. The molecule has 0 aromatic heterocycles. The van der Waals surface area contributed by atoms with E-state index < -0.39 is 30.8 Å². The average Bonchev–Trinajstić information content (AvgIpc) is 2.57. The summed E-state index contributed by atoms with van der Waals surface area (Å²) in [6.45, 7) is 1.72. The van der Waals surface area contributed by atoms with Crippen molar-refractivity contribution in [1.29, 1.82) is 0 Å². The third-order valence-corrected chi connectivity index (χ3v) is 3.10. The van der Waals surface area contributed by atoms with E-state index in [-0.39, 0.29) is 0 Å². The first-order valence-corrected chi connectivity index (χ1v) is 7.93. The fraction of sp³-hybridized carbons (Fsp3) is 0.706. The first-order valence-electron chi connectivity index (χ1n) is 7.93. The lowest BCUT2D eigenvalue weighted by Crippen LogP contribution is -2.48. The Morgan fingerprint density at radius 1 is 1.04 bits per heavy atom. The van der Waals surface area contributed by atoms with Gasteiger partial charge in [0.25, 0.3) is 5.91 Å². The molecule has 0 spiro atoms. The highest BCUT2D eigenvalue weighted by molar-refractivity contribution is 5.81. The number of carbonyl (C=O) groups excluding carboxylic acids is 1. The minimum absolute atomic E-state index is 0.335. The summed E-state index contributed by atoms with van der Waals surface area (Å²) in [6, 6.07) is 0. The van der Waals surface area contributed by atoms with E-state index in [1.165, 1.54) is 0 Å². The largest absolute Gasteiger partial charge is 0.394 e. The molecule has 0 saturated carbocycles. The van der Waals surface area contributed by atoms with Crippen LogP contribution >= 0.6 is 0 Å². The van der Waals surface area contributed by atoms with Gasteiger partial charge in [-0.1, -0.05) is 25.2 Å². The first kappa shape index (κ1) is 21.4. The van der Waals surface area contributed by atoms with Crippen LogP contribution in [-0.4, -0.2) is 57.8 Å². The number of carbonyl (C=O) groups is 1. The molecule has 23 heavy (non-hydrogen) atoms. The predicted molar refractivity (Wildman–Crippen MR) is 87.0 cm³/mol. The molecule has 1 amide bonds. The Morgan fingerprint density at radius 2 is 1.65 bits per heavy atom. The second-order valence-electron chi connectivity index (χ2n) is 5.14. The van der Waals surface area contributed by atoms with Gasteiger partial charge in [0.1, 0.15) is 12.2 Å². The summed E-state index contributed by atoms with van der Waals surface area (Å²) in [5, 5.41) is 39.1. The molecule has 0 heterocycles.